The Hall–Kier alpha value is -1.56. The van der Waals surface area contributed by atoms with Gasteiger partial charge in [-0.05, 0) is 48.0 Å². The molecule has 0 heteroatoms. The van der Waals surface area contributed by atoms with E-state index in [9.17, 15) is 0 Å². The van der Waals surface area contributed by atoms with Crippen LogP contribution in [0.2, 0.25) is 0 Å². The summed E-state index contributed by atoms with van der Waals surface area (Å²) in [4.78, 5) is 0. The summed E-state index contributed by atoms with van der Waals surface area (Å²) < 4.78 is 0. The van der Waals surface area contributed by atoms with Gasteiger partial charge in [-0.1, -0.05) is 88.1 Å². The molecule has 0 nitrogen and oxygen atoms in total. The van der Waals surface area contributed by atoms with Gasteiger partial charge in [0, 0.05) is 0 Å². The third-order valence-corrected chi connectivity index (χ3v) is 4.41. The summed E-state index contributed by atoms with van der Waals surface area (Å²) in [5.41, 5.74) is 5.81. The standard InChI is InChI=1S/C22H30/c1-3-5-7-12-19-16-11-17-20-13-9-10-15-22(20)18-21(19)14-8-6-4-2/h9-11,13,15-18H,3-8,12,14H2,1-2H3/b16-11?,17-11-,19-16?,20-17?,21-18?,21-19?,22-18?. The maximum absolute atomic E-state index is 2.44. The minimum Gasteiger partial charge on any atom is -0.0654 e. The second-order valence-electron chi connectivity index (χ2n) is 6.26. The fraction of sp³-hybridized carbons (Fsp3) is 0.455. The average Bonchev–Trinajstić information content (AvgIpc) is 2.52. The lowest BCUT2D eigenvalue weighted by Crippen LogP contribution is -1.95. The van der Waals surface area contributed by atoms with E-state index in [4.69, 9.17) is 0 Å². The lowest BCUT2D eigenvalue weighted by atomic mass is 9.90. The summed E-state index contributed by atoms with van der Waals surface area (Å²) in [6.45, 7) is 4.56. The Morgan fingerprint density at radius 3 is 2.05 bits per heavy atom. The van der Waals surface area contributed by atoms with Crippen molar-refractivity contribution in [2.24, 2.45) is 0 Å². The van der Waals surface area contributed by atoms with E-state index in [0.717, 1.165) is 0 Å². The minimum atomic E-state index is 1.22. The molecule has 0 saturated heterocycles. The fourth-order valence-electron chi connectivity index (χ4n) is 3.06. The molecule has 0 aliphatic heterocycles. The number of rotatable bonds is 8. The molecule has 1 aliphatic rings. The lowest BCUT2D eigenvalue weighted by molar-refractivity contribution is 0.691. The van der Waals surface area contributed by atoms with Gasteiger partial charge in [0.2, 0.25) is 0 Å². The Labute approximate surface area is 136 Å². The van der Waals surface area contributed by atoms with Crippen LogP contribution in [0.1, 0.15) is 76.3 Å². The van der Waals surface area contributed by atoms with E-state index in [0.29, 0.717) is 0 Å². The molecule has 2 rings (SSSR count). The van der Waals surface area contributed by atoms with Crippen molar-refractivity contribution in [3.05, 3.63) is 58.7 Å². The fourth-order valence-corrected chi connectivity index (χ4v) is 3.06. The first-order chi connectivity index (χ1) is 10.8. The predicted molar refractivity (Wildman–Crippen MR) is 99.8 cm³/mol. The number of hydrogen-bond acceptors (Lipinski definition) is 0. The molecule has 0 aromatic heterocycles. The number of fused-ring (bicyclic) bond motifs is 1. The van der Waals surface area contributed by atoms with Gasteiger partial charge in [0.25, 0.3) is 0 Å². The van der Waals surface area contributed by atoms with Crippen molar-refractivity contribution in [1.29, 1.82) is 0 Å². The first-order valence-electron chi connectivity index (χ1n) is 9.02. The third kappa shape index (κ3) is 5.02. The van der Waals surface area contributed by atoms with Crippen LogP contribution in [0.5, 0.6) is 0 Å². The summed E-state index contributed by atoms with van der Waals surface area (Å²) in [6, 6.07) is 8.73. The molecule has 0 bridgehead atoms. The molecule has 1 aromatic rings. The Balaban J connectivity index is 2.22. The van der Waals surface area contributed by atoms with Gasteiger partial charge in [-0.2, -0.15) is 0 Å². The monoisotopic (exact) mass is 294 g/mol. The summed E-state index contributed by atoms with van der Waals surface area (Å²) in [5.74, 6) is 0. The van der Waals surface area contributed by atoms with Crippen LogP contribution in [0, 0.1) is 0 Å². The molecular weight excluding hydrogens is 264 g/mol. The molecule has 0 amide bonds. The van der Waals surface area contributed by atoms with Crippen molar-refractivity contribution in [2.45, 2.75) is 65.2 Å². The molecule has 0 unspecified atom stereocenters. The van der Waals surface area contributed by atoms with Crippen LogP contribution in [0.3, 0.4) is 0 Å². The van der Waals surface area contributed by atoms with Gasteiger partial charge in [-0.25, -0.2) is 0 Å². The topological polar surface area (TPSA) is 0 Å². The van der Waals surface area contributed by atoms with E-state index in [2.05, 4.69) is 62.4 Å². The van der Waals surface area contributed by atoms with E-state index in [1.165, 1.54) is 62.5 Å². The summed E-state index contributed by atoms with van der Waals surface area (Å²) in [5, 5.41) is 0. The molecule has 1 aromatic carbocycles. The van der Waals surface area contributed by atoms with Gasteiger partial charge >= 0.3 is 0 Å². The van der Waals surface area contributed by atoms with Crippen molar-refractivity contribution in [1.82, 2.24) is 0 Å². The number of unbranched alkanes of at least 4 members (excludes halogenated alkanes) is 4. The molecule has 0 fully saturated rings. The molecule has 0 saturated carbocycles. The zero-order valence-corrected chi connectivity index (χ0v) is 14.3. The van der Waals surface area contributed by atoms with E-state index in [-0.39, 0.29) is 0 Å². The number of allylic oxidation sites excluding steroid dienone is 4. The number of hydrogen-bond donors (Lipinski definition) is 0. The van der Waals surface area contributed by atoms with E-state index in [1.807, 2.05) is 0 Å². The van der Waals surface area contributed by atoms with Gasteiger partial charge in [-0.15, -0.1) is 0 Å². The first kappa shape index (κ1) is 16.8. The van der Waals surface area contributed by atoms with Gasteiger partial charge in [-0.3, -0.25) is 0 Å². The van der Waals surface area contributed by atoms with Crippen molar-refractivity contribution < 1.29 is 0 Å². The quantitative estimate of drug-likeness (QED) is 0.445. The van der Waals surface area contributed by atoms with Gasteiger partial charge in [0.15, 0.2) is 0 Å². The van der Waals surface area contributed by atoms with Gasteiger partial charge in [0.1, 0.15) is 0 Å². The van der Waals surface area contributed by atoms with E-state index < -0.39 is 0 Å². The largest absolute Gasteiger partial charge is 0.0654 e. The van der Waals surface area contributed by atoms with Crippen LogP contribution in [-0.4, -0.2) is 0 Å². The van der Waals surface area contributed by atoms with E-state index >= 15 is 0 Å². The highest BCUT2D eigenvalue weighted by molar-refractivity contribution is 5.71. The van der Waals surface area contributed by atoms with Crippen molar-refractivity contribution >= 4 is 12.2 Å². The van der Waals surface area contributed by atoms with Crippen molar-refractivity contribution in [3.63, 3.8) is 0 Å². The van der Waals surface area contributed by atoms with Crippen LogP contribution in [0.15, 0.2) is 47.6 Å². The highest BCUT2D eigenvalue weighted by atomic mass is 14.1. The van der Waals surface area contributed by atoms with Crippen LogP contribution in [0.25, 0.3) is 12.2 Å². The zero-order valence-electron chi connectivity index (χ0n) is 14.3. The Bertz CT molecular complexity index is 543. The molecule has 118 valence electrons. The second-order valence-corrected chi connectivity index (χ2v) is 6.26. The normalized spacial score (nSPS) is 15.4. The lowest BCUT2D eigenvalue weighted by Gasteiger charge is -2.15. The van der Waals surface area contributed by atoms with Crippen LogP contribution in [-0.2, 0) is 0 Å². The molecule has 0 spiro atoms. The highest BCUT2D eigenvalue weighted by Gasteiger charge is 2.08. The maximum atomic E-state index is 2.44. The third-order valence-electron chi connectivity index (χ3n) is 4.41. The van der Waals surface area contributed by atoms with Gasteiger partial charge < -0.3 is 0 Å². The summed E-state index contributed by atoms with van der Waals surface area (Å²) in [6.07, 6.45) is 19.6. The smallest absolute Gasteiger partial charge is 0.0181 e. The minimum absolute atomic E-state index is 1.22. The van der Waals surface area contributed by atoms with Crippen molar-refractivity contribution in [2.75, 3.05) is 0 Å². The van der Waals surface area contributed by atoms with Crippen LogP contribution >= 0.6 is 0 Å². The molecule has 22 heavy (non-hydrogen) atoms. The Morgan fingerprint density at radius 2 is 1.36 bits per heavy atom. The maximum Gasteiger partial charge on any atom is -0.0181 e. The molecule has 1 aliphatic carbocycles. The summed E-state index contributed by atoms with van der Waals surface area (Å²) >= 11 is 0. The molecule has 0 heterocycles. The Morgan fingerprint density at radius 1 is 0.727 bits per heavy atom. The predicted octanol–water partition coefficient (Wildman–Crippen LogP) is 7.18. The zero-order chi connectivity index (χ0) is 15.6. The Kier molecular flexibility index (Phi) is 7.22. The molecule has 0 N–H and O–H groups in total. The second kappa shape index (κ2) is 9.46. The van der Waals surface area contributed by atoms with E-state index in [1.54, 1.807) is 11.1 Å². The summed E-state index contributed by atoms with van der Waals surface area (Å²) in [7, 11) is 0. The average molecular weight is 294 g/mol. The van der Waals surface area contributed by atoms with Crippen molar-refractivity contribution in [3.8, 4) is 0 Å². The first-order valence-corrected chi connectivity index (χ1v) is 9.02. The molecule has 0 radical (unpaired) electrons. The van der Waals surface area contributed by atoms with Gasteiger partial charge in [0.05, 0.1) is 0 Å². The highest BCUT2D eigenvalue weighted by Crippen LogP contribution is 2.28. The van der Waals surface area contributed by atoms with Crippen LogP contribution in [0.4, 0.5) is 0 Å². The molecular formula is C22H30. The van der Waals surface area contributed by atoms with Crippen LogP contribution < -0.4 is 0 Å². The molecule has 0 atom stereocenters. The number of benzene rings is 1. The SMILES string of the molecule is CCCCCC1=C/C=C\c2ccccc2C=C1CCCCC.